The van der Waals surface area contributed by atoms with E-state index >= 15 is 0 Å². The summed E-state index contributed by atoms with van der Waals surface area (Å²) in [7, 11) is 0. The lowest BCUT2D eigenvalue weighted by Gasteiger charge is -2.10. The van der Waals surface area contributed by atoms with Crippen LogP contribution in [0.4, 0.5) is 0 Å². The molecular weight excluding hydrogens is 269 g/mol. The third-order valence-electron chi connectivity index (χ3n) is 2.69. The minimum absolute atomic E-state index is 0.0761. The predicted molar refractivity (Wildman–Crippen MR) is 74.8 cm³/mol. The first-order valence-corrected chi connectivity index (χ1v) is 6.29. The maximum Gasteiger partial charge on any atom is 0.159 e. The number of rotatable bonds is 2. The van der Waals surface area contributed by atoms with Crippen molar-refractivity contribution in [2.45, 2.75) is 19.9 Å². The molecule has 0 radical (unpaired) electrons. The minimum atomic E-state index is -0.0761. The summed E-state index contributed by atoms with van der Waals surface area (Å²) >= 11 is 11.9. The van der Waals surface area contributed by atoms with Crippen molar-refractivity contribution in [1.29, 1.82) is 0 Å². The lowest BCUT2D eigenvalue weighted by atomic mass is 10.1. The van der Waals surface area contributed by atoms with Crippen molar-refractivity contribution in [1.82, 2.24) is 9.97 Å². The van der Waals surface area contributed by atoms with Gasteiger partial charge in [0.1, 0.15) is 0 Å². The number of aryl methyl sites for hydroxylation is 1. The first-order valence-electron chi connectivity index (χ1n) is 5.53. The minimum Gasteiger partial charge on any atom is -0.324 e. The molecular formula is C13H13Cl2N3. The molecule has 94 valence electrons. The summed E-state index contributed by atoms with van der Waals surface area (Å²) in [5, 5.41) is 1.01. The number of hydrogen-bond donors (Lipinski definition) is 1. The topological polar surface area (TPSA) is 51.8 Å². The maximum absolute atomic E-state index is 5.98. The van der Waals surface area contributed by atoms with Gasteiger partial charge in [-0.25, -0.2) is 9.97 Å². The Kier molecular flexibility index (Phi) is 3.85. The fourth-order valence-electron chi connectivity index (χ4n) is 1.70. The van der Waals surface area contributed by atoms with Crippen LogP contribution in [0.5, 0.6) is 0 Å². The summed E-state index contributed by atoms with van der Waals surface area (Å²) in [6.45, 7) is 3.83. The van der Waals surface area contributed by atoms with E-state index in [9.17, 15) is 0 Å². The van der Waals surface area contributed by atoms with Crippen molar-refractivity contribution in [2.24, 2.45) is 5.73 Å². The lowest BCUT2D eigenvalue weighted by molar-refractivity contribution is 0.790. The van der Waals surface area contributed by atoms with Gasteiger partial charge in [-0.1, -0.05) is 23.2 Å². The molecule has 0 fully saturated rings. The SMILES string of the molecule is Cc1nc(-c2ccc(Cl)c(Cl)c2)ncc1[C@@H](C)N. The van der Waals surface area contributed by atoms with E-state index in [-0.39, 0.29) is 6.04 Å². The van der Waals surface area contributed by atoms with Gasteiger partial charge in [0.25, 0.3) is 0 Å². The molecule has 0 aliphatic rings. The maximum atomic E-state index is 5.98. The highest BCUT2D eigenvalue weighted by Gasteiger charge is 2.09. The van der Waals surface area contributed by atoms with Crippen molar-refractivity contribution in [3.63, 3.8) is 0 Å². The van der Waals surface area contributed by atoms with Gasteiger partial charge in [-0.15, -0.1) is 0 Å². The fraction of sp³-hybridized carbons (Fsp3) is 0.231. The zero-order valence-electron chi connectivity index (χ0n) is 10.1. The third-order valence-corrected chi connectivity index (χ3v) is 3.42. The normalized spacial score (nSPS) is 12.5. The van der Waals surface area contributed by atoms with Gasteiger partial charge in [0, 0.05) is 29.1 Å². The lowest BCUT2D eigenvalue weighted by Crippen LogP contribution is -2.09. The van der Waals surface area contributed by atoms with Crippen LogP contribution in [-0.4, -0.2) is 9.97 Å². The van der Waals surface area contributed by atoms with Crippen LogP contribution in [0.1, 0.15) is 24.2 Å². The molecule has 0 amide bonds. The summed E-state index contributed by atoms with van der Waals surface area (Å²) in [5.74, 6) is 0.621. The number of benzene rings is 1. The summed E-state index contributed by atoms with van der Waals surface area (Å²) in [4.78, 5) is 8.75. The molecule has 2 rings (SSSR count). The van der Waals surface area contributed by atoms with Gasteiger partial charge in [-0.3, -0.25) is 0 Å². The highest BCUT2D eigenvalue weighted by Crippen LogP contribution is 2.27. The Labute approximate surface area is 116 Å². The number of halogens is 2. The first kappa shape index (κ1) is 13.3. The van der Waals surface area contributed by atoms with Crippen molar-refractivity contribution >= 4 is 23.2 Å². The molecule has 2 N–H and O–H groups in total. The zero-order valence-corrected chi connectivity index (χ0v) is 11.6. The molecule has 0 unspecified atom stereocenters. The van der Waals surface area contributed by atoms with Crippen LogP contribution in [0.3, 0.4) is 0 Å². The van der Waals surface area contributed by atoms with Gasteiger partial charge in [-0.05, 0) is 32.0 Å². The van der Waals surface area contributed by atoms with E-state index in [0.717, 1.165) is 16.8 Å². The molecule has 0 bridgehead atoms. The van der Waals surface area contributed by atoms with E-state index in [4.69, 9.17) is 28.9 Å². The molecule has 1 aromatic heterocycles. The quantitative estimate of drug-likeness (QED) is 0.912. The number of nitrogens with zero attached hydrogens (tertiary/aromatic N) is 2. The van der Waals surface area contributed by atoms with Crippen molar-refractivity contribution in [3.8, 4) is 11.4 Å². The highest BCUT2D eigenvalue weighted by molar-refractivity contribution is 6.42. The zero-order chi connectivity index (χ0) is 13.3. The Hall–Kier alpha value is -1.16. The van der Waals surface area contributed by atoms with E-state index in [2.05, 4.69) is 9.97 Å². The second-order valence-corrected chi connectivity index (χ2v) is 4.97. The largest absolute Gasteiger partial charge is 0.324 e. The van der Waals surface area contributed by atoms with Crippen LogP contribution in [0.2, 0.25) is 10.0 Å². The number of nitrogens with two attached hydrogens (primary N) is 1. The Morgan fingerprint density at radius 2 is 1.94 bits per heavy atom. The van der Waals surface area contributed by atoms with Gasteiger partial charge in [-0.2, -0.15) is 0 Å². The molecule has 1 atom stereocenters. The second-order valence-electron chi connectivity index (χ2n) is 4.15. The predicted octanol–water partition coefficient (Wildman–Crippen LogP) is 3.78. The summed E-state index contributed by atoms with van der Waals surface area (Å²) in [5.41, 5.74) is 8.48. The smallest absolute Gasteiger partial charge is 0.159 e. The molecule has 0 aliphatic carbocycles. The second kappa shape index (κ2) is 5.22. The average Bonchev–Trinajstić information content (AvgIpc) is 2.32. The summed E-state index contributed by atoms with van der Waals surface area (Å²) in [6, 6.07) is 5.25. The van der Waals surface area contributed by atoms with E-state index in [1.54, 1.807) is 18.3 Å². The summed E-state index contributed by atoms with van der Waals surface area (Å²) < 4.78 is 0. The van der Waals surface area contributed by atoms with E-state index < -0.39 is 0 Å². The number of aromatic nitrogens is 2. The molecule has 0 aliphatic heterocycles. The van der Waals surface area contributed by atoms with Crippen molar-refractivity contribution in [2.75, 3.05) is 0 Å². The van der Waals surface area contributed by atoms with E-state index in [1.807, 2.05) is 19.9 Å². The van der Waals surface area contributed by atoms with Gasteiger partial charge >= 0.3 is 0 Å². The Morgan fingerprint density at radius 1 is 1.22 bits per heavy atom. The average molecular weight is 282 g/mol. The van der Waals surface area contributed by atoms with E-state index in [1.165, 1.54) is 0 Å². The molecule has 1 aromatic carbocycles. The third kappa shape index (κ3) is 2.64. The Morgan fingerprint density at radius 3 is 2.50 bits per heavy atom. The molecule has 0 spiro atoms. The van der Waals surface area contributed by atoms with Crippen LogP contribution in [0.15, 0.2) is 24.4 Å². The van der Waals surface area contributed by atoms with Gasteiger partial charge < -0.3 is 5.73 Å². The van der Waals surface area contributed by atoms with Crippen LogP contribution in [-0.2, 0) is 0 Å². The molecule has 1 heterocycles. The van der Waals surface area contributed by atoms with Crippen LogP contribution >= 0.6 is 23.2 Å². The van der Waals surface area contributed by atoms with Crippen LogP contribution < -0.4 is 5.73 Å². The Bertz CT molecular complexity index is 582. The van der Waals surface area contributed by atoms with Gasteiger partial charge in [0.05, 0.1) is 10.0 Å². The highest BCUT2D eigenvalue weighted by atomic mass is 35.5. The number of hydrogen-bond acceptors (Lipinski definition) is 3. The standard InChI is InChI=1S/C13H13Cl2N3/c1-7(16)10-6-17-13(18-8(10)2)9-3-4-11(14)12(15)5-9/h3-7H,16H2,1-2H3/t7-/m1/s1. The fourth-order valence-corrected chi connectivity index (χ4v) is 2.00. The van der Waals surface area contributed by atoms with Gasteiger partial charge in [0.15, 0.2) is 5.82 Å². The molecule has 5 heteroatoms. The Balaban J connectivity index is 2.45. The molecule has 3 nitrogen and oxygen atoms in total. The monoisotopic (exact) mass is 281 g/mol. The summed E-state index contributed by atoms with van der Waals surface area (Å²) in [6.07, 6.45) is 1.75. The van der Waals surface area contributed by atoms with Crippen molar-refractivity contribution in [3.05, 3.63) is 45.7 Å². The van der Waals surface area contributed by atoms with Gasteiger partial charge in [0.2, 0.25) is 0 Å². The molecule has 0 saturated carbocycles. The van der Waals surface area contributed by atoms with Crippen molar-refractivity contribution < 1.29 is 0 Å². The molecule has 2 aromatic rings. The molecule has 18 heavy (non-hydrogen) atoms. The van der Waals surface area contributed by atoms with Crippen LogP contribution in [0, 0.1) is 6.92 Å². The van der Waals surface area contributed by atoms with Crippen LogP contribution in [0.25, 0.3) is 11.4 Å². The molecule has 0 saturated heterocycles. The van der Waals surface area contributed by atoms with E-state index in [0.29, 0.717) is 15.9 Å². The first-order chi connectivity index (χ1) is 8.49.